The molecule has 0 aliphatic heterocycles. The number of carbonyl (C=O) groups excluding carboxylic acids is 1. The topological polar surface area (TPSA) is 85.8 Å². The van der Waals surface area contributed by atoms with Gasteiger partial charge >= 0.3 is 18.0 Å². The Bertz CT molecular complexity index is 915. The summed E-state index contributed by atoms with van der Waals surface area (Å²) in [4.78, 5) is 20.1. The van der Waals surface area contributed by atoms with E-state index in [-0.39, 0.29) is 11.7 Å². The van der Waals surface area contributed by atoms with E-state index in [1.54, 1.807) is 6.20 Å². The van der Waals surface area contributed by atoms with Crippen LogP contribution in [0.2, 0.25) is 0 Å². The number of benzene rings is 1. The van der Waals surface area contributed by atoms with Crippen molar-refractivity contribution in [2.24, 2.45) is 0 Å². The van der Waals surface area contributed by atoms with Crippen molar-refractivity contribution in [3.63, 3.8) is 0 Å². The van der Waals surface area contributed by atoms with Crippen molar-refractivity contribution in [2.45, 2.75) is 26.1 Å². The Morgan fingerprint density at radius 2 is 2.00 bits per heavy atom. The first kappa shape index (κ1) is 18.6. The maximum Gasteiger partial charge on any atom is 0.416 e. The molecule has 10 heteroatoms. The number of halogens is 3. The molecule has 0 saturated carbocycles. The lowest BCUT2D eigenvalue weighted by Crippen LogP contribution is -2.25. The van der Waals surface area contributed by atoms with Gasteiger partial charge in [0, 0.05) is 31.0 Å². The molecule has 0 fully saturated rings. The maximum absolute atomic E-state index is 12.6. The predicted octanol–water partition coefficient (Wildman–Crippen LogP) is 3.08. The Balaban J connectivity index is 1.55. The molecular weight excluding hydrogens is 363 g/mol. The van der Waals surface area contributed by atoms with Crippen molar-refractivity contribution in [1.82, 2.24) is 25.0 Å². The second-order valence-electron chi connectivity index (χ2n) is 5.78. The number of amides is 1. The van der Waals surface area contributed by atoms with Crippen LogP contribution in [0.25, 0.3) is 11.4 Å². The summed E-state index contributed by atoms with van der Waals surface area (Å²) in [5.41, 5.74) is -0.456. The summed E-state index contributed by atoms with van der Waals surface area (Å²) in [6.45, 7) is 2.99. The summed E-state index contributed by atoms with van der Waals surface area (Å²) < 4.78 is 44.6. The van der Waals surface area contributed by atoms with Gasteiger partial charge in [0.2, 0.25) is 5.82 Å². The van der Waals surface area contributed by atoms with Gasteiger partial charge in [-0.05, 0) is 25.5 Å². The molecule has 0 aliphatic rings. The highest BCUT2D eigenvalue weighted by molar-refractivity contribution is 5.89. The molecule has 1 aromatic carbocycles. The Morgan fingerprint density at radius 3 is 2.63 bits per heavy atom. The Morgan fingerprint density at radius 1 is 1.26 bits per heavy atom. The molecule has 142 valence electrons. The van der Waals surface area contributed by atoms with Crippen LogP contribution in [0.3, 0.4) is 0 Å². The molecule has 0 atom stereocenters. The summed E-state index contributed by atoms with van der Waals surface area (Å²) in [7, 11) is 0. The van der Waals surface area contributed by atoms with Gasteiger partial charge in [-0.15, -0.1) is 0 Å². The Kier molecular flexibility index (Phi) is 5.24. The van der Waals surface area contributed by atoms with Crippen molar-refractivity contribution in [3.05, 3.63) is 53.9 Å². The first-order valence-electron chi connectivity index (χ1n) is 8.12. The molecule has 0 bridgehead atoms. The lowest BCUT2D eigenvalue weighted by molar-refractivity contribution is -0.137. The normalized spacial score (nSPS) is 11.6. The second kappa shape index (κ2) is 7.60. The van der Waals surface area contributed by atoms with Crippen LogP contribution in [0.5, 0.6) is 0 Å². The van der Waals surface area contributed by atoms with Crippen molar-refractivity contribution >= 4 is 5.91 Å². The first-order valence-corrected chi connectivity index (χ1v) is 8.12. The quantitative estimate of drug-likeness (QED) is 0.665. The average molecular weight is 379 g/mol. The van der Waals surface area contributed by atoms with Crippen LogP contribution < -0.4 is 5.32 Å². The van der Waals surface area contributed by atoms with Crippen LogP contribution >= 0.6 is 0 Å². The van der Waals surface area contributed by atoms with Gasteiger partial charge in [-0.25, -0.2) is 4.98 Å². The van der Waals surface area contributed by atoms with Gasteiger partial charge in [0.25, 0.3) is 0 Å². The number of aryl methyl sites for hydroxylation is 2. The van der Waals surface area contributed by atoms with Crippen molar-refractivity contribution in [3.8, 4) is 11.4 Å². The molecule has 7 nitrogen and oxygen atoms in total. The predicted molar refractivity (Wildman–Crippen MR) is 88.7 cm³/mol. The Labute approximate surface area is 152 Å². The van der Waals surface area contributed by atoms with E-state index in [2.05, 4.69) is 20.4 Å². The average Bonchev–Trinajstić information content (AvgIpc) is 3.27. The first-order chi connectivity index (χ1) is 12.8. The van der Waals surface area contributed by atoms with E-state index in [1.807, 2.05) is 17.7 Å². The molecule has 3 rings (SSSR count). The SMILES string of the molecule is Cc1nccn1CCCNC(=O)c1nc(-c2ccc(C(F)(F)F)cc2)no1. The van der Waals surface area contributed by atoms with Gasteiger partial charge in [0.05, 0.1) is 5.56 Å². The Hall–Kier alpha value is -3.17. The van der Waals surface area contributed by atoms with Gasteiger partial charge in [0.1, 0.15) is 5.82 Å². The van der Waals surface area contributed by atoms with E-state index in [4.69, 9.17) is 4.52 Å². The number of alkyl halides is 3. The fraction of sp³-hybridized carbons (Fsp3) is 0.294. The molecule has 2 aromatic heterocycles. The third-order valence-electron chi connectivity index (χ3n) is 3.88. The lowest BCUT2D eigenvalue weighted by atomic mass is 10.1. The molecule has 2 heterocycles. The smallest absolute Gasteiger partial charge is 0.348 e. The van der Waals surface area contributed by atoms with Crippen molar-refractivity contribution in [2.75, 3.05) is 6.54 Å². The minimum absolute atomic E-state index is 0.0444. The largest absolute Gasteiger partial charge is 0.416 e. The van der Waals surface area contributed by atoms with Crippen molar-refractivity contribution < 1.29 is 22.5 Å². The number of hydrogen-bond donors (Lipinski definition) is 1. The van der Waals surface area contributed by atoms with Crippen LogP contribution in [0.1, 0.15) is 28.5 Å². The monoisotopic (exact) mass is 379 g/mol. The molecule has 0 radical (unpaired) electrons. The van der Waals surface area contributed by atoms with Gasteiger partial charge in [-0.1, -0.05) is 17.3 Å². The highest BCUT2D eigenvalue weighted by atomic mass is 19.4. The van der Waals surface area contributed by atoms with E-state index >= 15 is 0 Å². The van der Waals surface area contributed by atoms with Gasteiger partial charge in [-0.2, -0.15) is 18.2 Å². The third-order valence-corrected chi connectivity index (χ3v) is 3.88. The number of imidazole rings is 1. The van der Waals surface area contributed by atoms with E-state index < -0.39 is 17.6 Å². The summed E-state index contributed by atoms with van der Waals surface area (Å²) in [5.74, 6) is 0.147. The number of carbonyl (C=O) groups is 1. The minimum Gasteiger partial charge on any atom is -0.348 e. The zero-order chi connectivity index (χ0) is 19.4. The highest BCUT2D eigenvalue weighted by Crippen LogP contribution is 2.30. The lowest BCUT2D eigenvalue weighted by Gasteiger charge is -2.05. The molecule has 3 aromatic rings. The van der Waals surface area contributed by atoms with E-state index in [0.717, 1.165) is 18.0 Å². The summed E-state index contributed by atoms with van der Waals surface area (Å²) in [5, 5.41) is 6.30. The molecule has 0 spiro atoms. The van der Waals surface area contributed by atoms with Gasteiger partial charge in [0.15, 0.2) is 0 Å². The zero-order valence-corrected chi connectivity index (χ0v) is 14.3. The van der Waals surface area contributed by atoms with Crippen LogP contribution in [0.15, 0.2) is 41.2 Å². The molecule has 1 amide bonds. The van der Waals surface area contributed by atoms with Crippen LogP contribution in [-0.4, -0.2) is 32.1 Å². The standard InChI is InChI=1S/C17H16F3N5O2/c1-11-21-8-10-25(11)9-2-7-22-15(26)16-23-14(24-27-16)12-3-5-13(6-4-12)17(18,19)20/h3-6,8,10H,2,7,9H2,1H3,(H,22,26). The number of aromatic nitrogens is 4. The minimum atomic E-state index is -4.42. The number of nitrogens with one attached hydrogen (secondary N) is 1. The summed E-state index contributed by atoms with van der Waals surface area (Å²) in [6.07, 6.45) is -0.181. The molecule has 0 unspecified atom stereocenters. The molecule has 0 saturated heterocycles. The fourth-order valence-electron chi connectivity index (χ4n) is 2.41. The molecule has 1 N–H and O–H groups in total. The maximum atomic E-state index is 12.6. The number of nitrogens with zero attached hydrogens (tertiary/aromatic N) is 4. The van der Waals surface area contributed by atoms with E-state index in [1.165, 1.54) is 12.1 Å². The van der Waals surface area contributed by atoms with Gasteiger partial charge in [-0.3, -0.25) is 4.79 Å². The molecular formula is C17H16F3N5O2. The highest BCUT2D eigenvalue weighted by Gasteiger charge is 2.30. The zero-order valence-electron chi connectivity index (χ0n) is 14.3. The van der Waals surface area contributed by atoms with Crippen LogP contribution in [-0.2, 0) is 12.7 Å². The van der Waals surface area contributed by atoms with Crippen molar-refractivity contribution in [1.29, 1.82) is 0 Å². The van der Waals surface area contributed by atoms with Crippen LogP contribution in [0, 0.1) is 6.92 Å². The number of rotatable bonds is 6. The van der Waals surface area contributed by atoms with E-state index in [9.17, 15) is 18.0 Å². The molecule has 27 heavy (non-hydrogen) atoms. The van der Waals surface area contributed by atoms with Gasteiger partial charge < -0.3 is 14.4 Å². The third kappa shape index (κ3) is 4.52. The van der Waals surface area contributed by atoms with Crippen LogP contribution in [0.4, 0.5) is 13.2 Å². The fourth-order valence-corrected chi connectivity index (χ4v) is 2.41. The summed E-state index contributed by atoms with van der Waals surface area (Å²) >= 11 is 0. The summed E-state index contributed by atoms with van der Waals surface area (Å²) in [6, 6.07) is 4.29. The second-order valence-corrected chi connectivity index (χ2v) is 5.78. The number of hydrogen-bond acceptors (Lipinski definition) is 5. The van der Waals surface area contributed by atoms with E-state index in [0.29, 0.717) is 25.1 Å². The molecule has 0 aliphatic carbocycles.